The minimum atomic E-state index is 1.01. The SMILES string of the molecule is C=C=C1CN2CCCNCCN1CCCNCC2. The van der Waals surface area contributed by atoms with Gasteiger partial charge in [-0.15, -0.1) is 5.73 Å². The molecule has 0 aromatic rings. The Bertz CT molecular complexity index is 280. The Morgan fingerprint density at radius 3 is 2.39 bits per heavy atom. The van der Waals surface area contributed by atoms with Crippen molar-refractivity contribution in [3.05, 3.63) is 18.0 Å². The van der Waals surface area contributed by atoms with Crippen molar-refractivity contribution in [3.8, 4) is 0 Å². The first kappa shape index (κ1) is 13.6. The Morgan fingerprint density at radius 2 is 1.61 bits per heavy atom. The molecule has 0 spiro atoms. The maximum Gasteiger partial charge on any atom is 0.0701 e. The van der Waals surface area contributed by atoms with Gasteiger partial charge < -0.3 is 15.5 Å². The standard InChI is InChI=1S/C14H26N4/c1-2-14-13-17-9-3-5-16-8-12-18(14)10-4-6-15-7-11-17/h15-16H,1,3-13H2. The van der Waals surface area contributed by atoms with E-state index in [4.69, 9.17) is 0 Å². The maximum atomic E-state index is 3.89. The van der Waals surface area contributed by atoms with Gasteiger partial charge in [0.1, 0.15) is 0 Å². The Morgan fingerprint density at radius 1 is 0.889 bits per heavy atom. The van der Waals surface area contributed by atoms with Crippen LogP contribution in [0.5, 0.6) is 0 Å². The second kappa shape index (κ2) is 7.59. The van der Waals surface area contributed by atoms with Gasteiger partial charge >= 0.3 is 0 Å². The van der Waals surface area contributed by atoms with Crippen LogP contribution in [-0.2, 0) is 0 Å². The molecule has 0 aliphatic carbocycles. The zero-order valence-corrected chi connectivity index (χ0v) is 11.4. The first-order valence-corrected chi connectivity index (χ1v) is 7.18. The van der Waals surface area contributed by atoms with Gasteiger partial charge in [0, 0.05) is 39.3 Å². The van der Waals surface area contributed by atoms with Crippen LogP contribution in [0.3, 0.4) is 0 Å². The summed E-state index contributed by atoms with van der Waals surface area (Å²) < 4.78 is 0. The Hall–Kier alpha value is -0.800. The van der Waals surface area contributed by atoms with Crippen molar-refractivity contribution >= 4 is 0 Å². The summed E-state index contributed by atoms with van der Waals surface area (Å²) in [4.78, 5) is 4.97. The quantitative estimate of drug-likeness (QED) is 0.603. The van der Waals surface area contributed by atoms with Gasteiger partial charge in [-0.1, -0.05) is 6.58 Å². The molecule has 0 saturated carbocycles. The third kappa shape index (κ3) is 4.14. The van der Waals surface area contributed by atoms with Gasteiger partial charge in [-0.05, 0) is 32.5 Å². The molecular weight excluding hydrogens is 224 g/mol. The highest BCUT2D eigenvalue weighted by molar-refractivity contribution is 5.02. The number of nitrogens with zero attached hydrogens (tertiary/aromatic N) is 2. The van der Waals surface area contributed by atoms with Gasteiger partial charge in [0.2, 0.25) is 0 Å². The normalized spacial score (nSPS) is 27.7. The third-order valence-electron chi connectivity index (χ3n) is 3.73. The van der Waals surface area contributed by atoms with E-state index in [1.54, 1.807) is 0 Å². The topological polar surface area (TPSA) is 30.5 Å². The molecule has 4 nitrogen and oxygen atoms in total. The Balaban J connectivity index is 2.09. The lowest BCUT2D eigenvalue weighted by Crippen LogP contribution is -2.44. The lowest BCUT2D eigenvalue weighted by atomic mass is 10.2. The fourth-order valence-electron chi connectivity index (χ4n) is 2.65. The van der Waals surface area contributed by atoms with Crippen molar-refractivity contribution < 1.29 is 0 Å². The van der Waals surface area contributed by atoms with E-state index in [0.717, 1.165) is 58.9 Å². The number of nitrogens with one attached hydrogen (secondary N) is 2. The van der Waals surface area contributed by atoms with E-state index >= 15 is 0 Å². The molecule has 0 radical (unpaired) electrons. The molecule has 2 saturated heterocycles. The van der Waals surface area contributed by atoms with Crippen molar-refractivity contribution in [2.75, 3.05) is 58.9 Å². The van der Waals surface area contributed by atoms with Crippen molar-refractivity contribution in [2.45, 2.75) is 12.8 Å². The maximum absolute atomic E-state index is 3.89. The Labute approximate surface area is 111 Å². The largest absolute Gasteiger partial charge is 0.366 e. The lowest BCUT2D eigenvalue weighted by Gasteiger charge is -2.33. The molecule has 2 aliphatic heterocycles. The minimum absolute atomic E-state index is 1.01. The molecule has 1 unspecified atom stereocenters. The first-order valence-electron chi connectivity index (χ1n) is 7.18. The van der Waals surface area contributed by atoms with Gasteiger partial charge in [-0.3, -0.25) is 4.90 Å². The minimum Gasteiger partial charge on any atom is -0.366 e. The van der Waals surface area contributed by atoms with Gasteiger partial charge in [0.25, 0.3) is 0 Å². The van der Waals surface area contributed by atoms with E-state index in [9.17, 15) is 0 Å². The van der Waals surface area contributed by atoms with Crippen LogP contribution in [0.2, 0.25) is 0 Å². The molecule has 18 heavy (non-hydrogen) atoms. The highest BCUT2D eigenvalue weighted by Crippen LogP contribution is 2.08. The predicted octanol–water partition coefficient (Wildman–Crippen LogP) is 0.246. The first-order chi connectivity index (χ1) is 8.90. The highest BCUT2D eigenvalue weighted by atomic mass is 15.2. The van der Waals surface area contributed by atoms with Gasteiger partial charge in [0.15, 0.2) is 0 Å². The molecule has 0 amide bonds. The van der Waals surface area contributed by atoms with Gasteiger partial charge in [0.05, 0.1) is 5.70 Å². The molecule has 102 valence electrons. The van der Waals surface area contributed by atoms with E-state index in [-0.39, 0.29) is 0 Å². The summed E-state index contributed by atoms with van der Waals surface area (Å²) in [7, 11) is 0. The zero-order chi connectivity index (χ0) is 12.6. The van der Waals surface area contributed by atoms with Crippen LogP contribution < -0.4 is 10.6 Å². The van der Waals surface area contributed by atoms with Crippen molar-refractivity contribution in [3.63, 3.8) is 0 Å². The average molecular weight is 250 g/mol. The summed E-state index contributed by atoms with van der Waals surface area (Å²) in [6.45, 7) is 13.8. The van der Waals surface area contributed by atoms with Gasteiger partial charge in [-0.2, -0.15) is 0 Å². The molecule has 4 heteroatoms. The second-order valence-electron chi connectivity index (χ2n) is 5.09. The summed E-state index contributed by atoms with van der Waals surface area (Å²) in [5, 5.41) is 7.05. The summed E-state index contributed by atoms with van der Waals surface area (Å²) in [5.74, 6) is 0. The van der Waals surface area contributed by atoms with Crippen molar-refractivity contribution in [1.82, 2.24) is 20.4 Å². The Kier molecular flexibility index (Phi) is 5.75. The highest BCUT2D eigenvalue weighted by Gasteiger charge is 2.16. The summed E-state index contributed by atoms with van der Waals surface area (Å²) in [6, 6.07) is 0. The molecule has 0 aromatic carbocycles. The van der Waals surface area contributed by atoms with Crippen LogP contribution in [0.1, 0.15) is 12.8 Å². The molecule has 2 N–H and O–H groups in total. The zero-order valence-electron chi connectivity index (χ0n) is 11.4. The fourth-order valence-corrected chi connectivity index (χ4v) is 2.65. The van der Waals surface area contributed by atoms with Crippen LogP contribution in [0.25, 0.3) is 0 Å². The molecule has 2 aliphatic rings. The summed E-state index contributed by atoms with van der Waals surface area (Å²) in [6.07, 6.45) is 2.43. The molecule has 2 rings (SSSR count). The number of hydrogen-bond acceptors (Lipinski definition) is 4. The number of hydrogen-bond donors (Lipinski definition) is 2. The van der Waals surface area contributed by atoms with E-state index < -0.39 is 0 Å². The van der Waals surface area contributed by atoms with Crippen molar-refractivity contribution in [1.29, 1.82) is 0 Å². The van der Waals surface area contributed by atoms with Crippen molar-refractivity contribution in [2.24, 2.45) is 0 Å². The van der Waals surface area contributed by atoms with E-state index in [1.165, 1.54) is 18.5 Å². The van der Waals surface area contributed by atoms with Crippen LogP contribution in [-0.4, -0.2) is 68.7 Å². The second-order valence-corrected chi connectivity index (χ2v) is 5.09. The summed E-state index contributed by atoms with van der Waals surface area (Å²) in [5.41, 5.74) is 4.45. The molecular formula is C14H26N4. The van der Waals surface area contributed by atoms with Crippen LogP contribution in [0, 0.1) is 0 Å². The van der Waals surface area contributed by atoms with E-state index in [2.05, 4.69) is 32.7 Å². The number of rotatable bonds is 0. The molecule has 0 aromatic heterocycles. The lowest BCUT2D eigenvalue weighted by molar-refractivity contribution is 0.226. The smallest absolute Gasteiger partial charge is 0.0701 e. The molecule has 2 heterocycles. The third-order valence-corrected chi connectivity index (χ3v) is 3.73. The van der Waals surface area contributed by atoms with E-state index in [1.807, 2.05) is 0 Å². The van der Waals surface area contributed by atoms with Gasteiger partial charge in [-0.25, -0.2) is 0 Å². The molecule has 1 atom stereocenters. The fraction of sp³-hybridized carbons (Fsp3) is 0.786. The summed E-state index contributed by atoms with van der Waals surface area (Å²) >= 11 is 0. The monoisotopic (exact) mass is 250 g/mol. The van der Waals surface area contributed by atoms with Crippen LogP contribution >= 0.6 is 0 Å². The molecule has 2 bridgehead atoms. The van der Waals surface area contributed by atoms with Crippen LogP contribution in [0.4, 0.5) is 0 Å². The predicted molar refractivity (Wildman–Crippen MR) is 75.6 cm³/mol. The number of fused-ring (bicyclic) bond motifs is 3. The average Bonchev–Trinajstić information content (AvgIpc) is 2.41. The van der Waals surface area contributed by atoms with Crippen LogP contribution in [0.15, 0.2) is 18.0 Å². The van der Waals surface area contributed by atoms with E-state index in [0.29, 0.717) is 0 Å². The molecule has 2 fully saturated rings.